The molecular formula is C21H15F2NO3S. The van der Waals surface area contributed by atoms with Crippen LogP contribution in [0, 0.1) is 11.6 Å². The second-order valence-electron chi connectivity index (χ2n) is 6.66. The van der Waals surface area contributed by atoms with E-state index in [1.807, 2.05) is 0 Å². The third-order valence-electron chi connectivity index (χ3n) is 4.72. The Hall–Kier alpha value is -3.06. The Balaban J connectivity index is 2.01. The highest BCUT2D eigenvalue weighted by Gasteiger charge is 2.24. The molecule has 1 N–H and O–H groups in total. The van der Waals surface area contributed by atoms with E-state index in [0.717, 1.165) is 24.0 Å². The van der Waals surface area contributed by atoms with Gasteiger partial charge in [0.25, 0.3) is 5.91 Å². The number of hydrogen-bond donors (Lipinski definition) is 1. The van der Waals surface area contributed by atoms with Crippen molar-refractivity contribution in [2.45, 2.75) is 11.4 Å². The summed E-state index contributed by atoms with van der Waals surface area (Å²) in [7, 11) is -3.43. The van der Waals surface area contributed by atoms with E-state index in [0.29, 0.717) is 28.8 Å². The molecule has 28 heavy (non-hydrogen) atoms. The van der Waals surface area contributed by atoms with Gasteiger partial charge in [0, 0.05) is 30.0 Å². The topological polar surface area (TPSA) is 63.2 Å². The van der Waals surface area contributed by atoms with Gasteiger partial charge in [0.05, 0.1) is 4.90 Å². The van der Waals surface area contributed by atoms with Crippen LogP contribution in [0.3, 0.4) is 0 Å². The van der Waals surface area contributed by atoms with Gasteiger partial charge < -0.3 is 5.32 Å². The lowest BCUT2D eigenvalue weighted by Gasteiger charge is -2.14. The van der Waals surface area contributed by atoms with Gasteiger partial charge in [-0.2, -0.15) is 0 Å². The van der Waals surface area contributed by atoms with Crippen LogP contribution in [0.2, 0.25) is 0 Å². The summed E-state index contributed by atoms with van der Waals surface area (Å²) in [5.41, 5.74) is 2.79. The third-order valence-corrected chi connectivity index (χ3v) is 5.83. The molecule has 1 heterocycles. The summed E-state index contributed by atoms with van der Waals surface area (Å²) in [5, 5.41) is 2.71. The maximum atomic E-state index is 14.5. The molecule has 3 aromatic rings. The highest BCUT2D eigenvalue weighted by atomic mass is 32.2. The Labute approximate surface area is 160 Å². The number of nitrogens with one attached hydrogen (secondary N) is 1. The Morgan fingerprint density at radius 1 is 0.893 bits per heavy atom. The summed E-state index contributed by atoms with van der Waals surface area (Å²) in [6.07, 6.45) is 1.11. The van der Waals surface area contributed by atoms with Crippen LogP contribution in [-0.4, -0.2) is 20.6 Å². The molecule has 1 aliphatic rings. The van der Waals surface area contributed by atoms with E-state index in [2.05, 4.69) is 5.32 Å². The summed E-state index contributed by atoms with van der Waals surface area (Å²) >= 11 is 0. The molecule has 0 spiro atoms. The molecule has 142 valence electrons. The second-order valence-corrected chi connectivity index (χ2v) is 8.68. The van der Waals surface area contributed by atoms with Gasteiger partial charge in [-0.15, -0.1) is 0 Å². The van der Waals surface area contributed by atoms with Crippen LogP contribution in [-0.2, 0) is 16.4 Å². The predicted molar refractivity (Wildman–Crippen MR) is 102 cm³/mol. The molecule has 0 aliphatic carbocycles. The van der Waals surface area contributed by atoms with Crippen molar-refractivity contribution in [1.82, 2.24) is 5.32 Å². The molecule has 7 heteroatoms. The normalized spacial score (nSPS) is 13.3. The number of benzene rings is 3. The van der Waals surface area contributed by atoms with E-state index in [9.17, 15) is 22.0 Å². The lowest BCUT2D eigenvalue weighted by Crippen LogP contribution is -2.12. The zero-order chi connectivity index (χ0) is 20.1. The van der Waals surface area contributed by atoms with E-state index in [1.165, 1.54) is 18.2 Å². The number of hydrogen-bond acceptors (Lipinski definition) is 3. The summed E-state index contributed by atoms with van der Waals surface area (Å²) in [5.74, 6) is -1.74. The lowest BCUT2D eigenvalue weighted by molar-refractivity contribution is 0.0965. The molecule has 0 atom stereocenters. The summed E-state index contributed by atoms with van der Waals surface area (Å²) in [6.45, 7) is 0.332. The van der Waals surface area contributed by atoms with Crippen LogP contribution < -0.4 is 5.32 Å². The van der Waals surface area contributed by atoms with Crippen LogP contribution in [0.15, 0.2) is 59.5 Å². The van der Waals surface area contributed by atoms with E-state index >= 15 is 0 Å². The third kappa shape index (κ3) is 3.18. The van der Waals surface area contributed by atoms with E-state index in [1.54, 1.807) is 24.3 Å². The minimum atomic E-state index is -3.43. The van der Waals surface area contributed by atoms with Crippen molar-refractivity contribution in [3.8, 4) is 22.3 Å². The predicted octanol–water partition coefficient (Wildman–Crippen LogP) is 3.95. The number of amides is 1. The van der Waals surface area contributed by atoms with E-state index in [4.69, 9.17) is 0 Å². The Kier molecular flexibility index (Phi) is 4.27. The maximum Gasteiger partial charge on any atom is 0.251 e. The quantitative estimate of drug-likeness (QED) is 0.726. The van der Waals surface area contributed by atoms with Crippen LogP contribution in [0.5, 0.6) is 0 Å². The first-order valence-corrected chi connectivity index (χ1v) is 10.3. The van der Waals surface area contributed by atoms with Crippen molar-refractivity contribution >= 4 is 15.7 Å². The molecule has 0 unspecified atom stereocenters. The minimum Gasteiger partial charge on any atom is -0.348 e. The van der Waals surface area contributed by atoms with Gasteiger partial charge in [0.1, 0.15) is 11.6 Å². The molecule has 1 aliphatic heterocycles. The minimum absolute atomic E-state index is 0.128. The molecule has 0 saturated carbocycles. The summed E-state index contributed by atoms with van der Waals surface area (Å²) < 4.78 is 51.8. The number of carbonyl (C=O) groups is 1. The lowest BCUT2D eigenvalue weighted by atomic mass is 9.90. The first-order chi connectivity index (χ1) is 13.2. The van der Waals surface area contributed by atoms with Crippen LogP contribution in [0.1, 0.15) is 15.9 Å². The largest absolute Gasteiger partial charge is 0.348 e. The molecule has 4 nitrogen and oxygen atoms in total. The number of halogens is 2. The maximum absolute atomic E-state index is 14.5. The van der Waals surface area contributed by atoms with Crippen LogP contribution in [0.4, 0.5) is 8.78 Å². The standard InChI is InChI=1S/C21H15F2NO3S/c1-28(26,27)15-4-2-3-12(7-15)17-8-13-11-24-21(25)18(13)10-19(17)16-6-5-14(22)9-20(16)23/h2-10H,11H2,1H3,(H,24,25). The first-order valence-electron chi connectivity index (χ1n) is 8.45. The van der Waals surface area contributed by atoms with Crippen molar-refractivity contribution in [3.05, 3.63) is 77.4 Å². The summed E-state index contributed by atoms with van der Waals surface area (Å²) in [6, 6.07) is 12.8. The van der Waals surface area contributed by atoms with Gasteiger partial charge in [0.2, 0.25) is 0 Å². The van der Waals surface area contributed by atoms with Gasteiger partial charge in [-0.25, -0.2) is 17.2 Å². The monoisotopic (exact) mass is 399 g/mol. The highest BCUT2D eigenvalue weighted by molar-refractivity contribution is 7.90. The Morgan fingerprint density at radius 2 is 1.68 bits per heavy atom. The zero-order valence-corrected chi connectivity index (χ0v) is 15.6. The highest BCUT2D eigenvalue weighted by Crippen LogP contribution is 2.38. The SMILES string of the molecule is CS(=O)(=O)c1cccc(-c2cc3c(cc2-c2ccc(F)cc2F)C(=O)NC3)c1. The fourth-order valence-corrected chi connectivity index (χ4v) is 4.00. The fraction of sp³-hybridized carbons (Fsp3) is 0.0952. The van der Waals surface area contributed by atoms with Crippen LogP contribution >= 0.6 is 0 Å². The van der Waals surface area contributed by atoms with Crippen molar-refractivity contribution < 1.29 is 22.0 Å². The number of rotatable bonds is 3. The smallest absolute Gasteiger partial charge is 0.251 e. The van der Waals surface area contributed by atoms with Gasteiger partial charge in [-0.05, 0) is 58.7 Å². The van der Waals surface area contributed by atoms with Crippen molar-refractivity contribution in [1.29, 1.82) is 0 Å². The molecule has 1 amide bonds. The second kappa shape index (κ2) is 6.53. The average Bonchev–Trinajstić information content (AvgIpc) is 3.00. The van der Waals surface area contributed by atoms with Crippen LogP contribution in [0.25, 0.3) is 22.3 Å². The molecule has 0 fully saturated rings. The van der Waals surface area contributed by atoms with E-state index in [-0.39, 0.29) is 16.4 Å². The Morgan fingerprint density at radius 3 is 2.39 bits per heavy atom. The van der Waals surface area contributed by atoms with Gasteiger partial charge in [0.15, 0.2) is 9.84 Å². The fourth-order valence-electron chi connectivity index (χ4n) is 3.34. The molecular weight excluding hydrogens is 384 g/mol. The first kappa shape index (κ1) is 18.3. The molecule has 4 rings (SSSR count). The average molecular weight is 399 g/mol. The zero-order valence-electron chi connectivity index (χ0n) is 14.8. The number of fused-ring (bicyclic) bond motifs is 1. The molecule has 0 aromatic heterocycles. The molecule has 3 aromatic carbocycles. The molecule has 0 bridgehead atoms. The molecule has 0 saturated heterocycles. The number of sulfone groups is 1. The summed E-state index contributed by atoms with van der Waals surface area (Å²) in [4.78, 5) is 12.2. The number of carbonyl (C=O) groups excluding carboxylic acids is 1. The van der Waals surface area contributed by atoms with Crippen molar-refractivity contribution in [2.75, 3.05) is 6.26 Å². The van der Waals surface area contributed by atoms with E-state index < -0.39 is 21.5 Å². The molecule has 0 radical (unpaired) electrons. The van der Waals surface area contributed by atoms with Gasteiger partial charge >= 0.3 is 0 Å². The van der Waals surface area contributed by atoms with Crippen molar-refractivity contribution in [2.24, 2.45) is 0 Å². The van der Waals surface area contributed by atoms with Gasteiger partial charge in [-0.1, -0.05) is 12.1 Å². The Bertz CT molecular complexity index is 1240. The van der Waals surface area contributed by atoms with Gasteiger partial charge in [-0.3, -0.25) is 4.79 Å². The van der Waals surface area contributed by atoms with Crippen molar-refractivity contribution in [3.63, 3.8) is 0 Å².